The zero-order valence-electron chi connectivity index (χ0n) is 22.8. The topological polar surface area (TPSA) is 31.2 Å². The summed E-state index contributed by atoms with van der Waals surface area (Å²) in [6, 6.07) is 9.47. The highest BCUT2D eigenvalue weighted by atomic mass is 79.9. The zero-order valence-corrected chi connectivity index (χ0v) is 26.9. The minimum atomic E-state index is -0.0479. The molecule has 0 fully saturated rings. The van der Waals surface area contributed by atoms with E-state index in [4.69, 9.17) is 16.3 Å². The van der Waals surface area contributed by atoms with Crippen LogP contribution in [0.15, 0.2) is 41.3 Å². The Labute approximate surface area is 249 Å². The van der Waals surface area contributed by atoms with Crippen molar-refractivity contribution in [3.05, 3.63) is 63.0 Å². The first kappa shape index (κ1) is 34.2. The van der Waals surface area contributed by atoms with Gasteiger partial charge in [0, 0.05) is 28.7 Å². The SMILES string of the molecule is Br.CCCCCCCCCCCCCCCCCCOc1cn(Cc2ccc(Cl)cc2)c(CBr)cc1=O. The Balaban J connectivity index is 0.00000684. The first-order valence-electron chi connectivity index (χ1n) is 14.3. The van der Waals surface area contributed by atoms with E-state index in [1.165, 1.54) is 89.9 Å². The summed E-state index contributed by atoms with van der Waals surface area (Å²) in [6.45, 7) is 3.56. The number of aromatic nitrogens is 1. The maximum absolute atomic E-state index is 12.5. The highest BCUT2D eigenvalue weighted by Crippen LogP contribution is 2.17. The molecule has 0 aliphatic carbocycles. The predicted molar refractivity (Wildman–Crippen MR) is 169 cm³/mol. The lowest BCUT2D eigenvalue weighted by Crippen LogP contribution is -2.16. The van der Waals surface area contributed by atoms with Crippen molar-refractivity contribution in [2.75, 3.05) is 6.61 Å². The Morgan fingerprint density at radius 1 is 0.784 bits per heavy atom. The summed E-state index contributed by atoms with van der Waals surface area (Å²) in [4.78, 5) is 12.5. The molecule has 37 heavy (non-hydrogen) atoms. The molecule has 1 heterocycles. The Morgan fingerprint density at radius 3 is 1.76 bits per heavy atom. The molecule has 3 nitrogen and oxygen atoms in total. The number of benzene rings is 1. The number of hydrogen-bond donors (Lipinski definition) is 0. The van der Waals surface area contributed by atoms with Gasteiger partial charge in [-0.25, -0.2) is 0 Å². The molecule has 0 aliphatic rings. The van der Waals surface area contributed by atoms with Gasteiger partial charge in [0.05, 0.1) is 12.8 Å². The fraction of sp³-hybridized carbons (Fsp3) is 0.645. The van der Waals surface area contributed by atoms with E-state index in [1.54, 1.807) is 6.07 Å². The van der Waals surface area contributed by atoms with Crippen molar-refractivity contribution in [2.24, 2.45) is 0 Å². The van der Waals surface area contributed by atoms with Crippen LogP contribution in [0.3, 0.4) is 0 Å². The summed E-state index contributed by atoms with van der Waals surface area (Å²) < 4.78 is 7.95. The van der Waals surface area contributed by atoms with E-state index >= 15 is 0 Å². The molecule has 0 amide bonds. The number of ether oxygens (including phenoxy) is 1. The first-order chi connectivity index (χ1) is 17.6. The van der Waals surface area contributed by atoms with Crippen LogP contribution in [0.4, 0.5) is 0 Å². The number of pyridine rings is 1. The van der Waals surface area contributed by atoms with Crippen LogP contribution in [0, 0.1) is 0 Å². The maximum Gasteiger partial charge on any atom is 0.223 e. The molecular formula is C31H48Br2ClNO2. The Bertz CT molecular complexity index is 886. The number of rotatable bonds is 21. The monoisotopic (exact) mass is 659 g/mol. The molecule has 6 heteroatoms. The van der Waals surface area contributed by atoms with E-state index in [-0.39, 0.29) is 22.4 Å². The second kappa shape index (κ2) is 22.1. The zero-order chi connectivity index (χ0) is 25.8. The van der Waals surface area contributed by atoms with E-state index in [9.17, 15) is 4.79 Å². The second-order valence-corrected chi connectivity index (χ2v) is 11.0. The molecule has 0 spiro atoms. The summed E-state index contributed by atoms with van der Waals surface area (Å²) in [5.74, 6) is 0.439. The summed E-state index contributed by atoms with van der Waals surface area (Å²) in [7, 11) is 0. The molecular weight excluding hydrogens is 614 g/mol. The van der Waals surface area contributed by atoms with Crippen molar-refractivity contribution in [1.29, 1.82) is 0 Å². The van der Waals surface area contributed by atoms with Crippen LogP contribution in [-0.4, -0.2) is 11.2 Å². The third-order valence-corrected chi connectivity index (χ3v) is 7.67. The molecule has 0 unspecified atom stereocenters. The average molecular weight is 662 g/mol. The first-order valence-corrected chi connectivity index (χ1v) is 15.8. The van der Waals surface area contributed by atoms with E-state index < -0.39 is 0 Å². The number of hydrogen-bond acceptors (Lipinski definition) is 2. The lowest BCUT2D eigenvalue weighted by Gasteiger charge is -2.14. The van der Waals surface area contributed by atoms with E-state index in [0.29, 0.717) is 24.2 Å². The number of halogens is 3. The van der Waals surface area contributed by atoms with Crippen LogP contribution < -0.4 is 10.2 Å². The van der Waals surface area contributed by atoms with E-state index in [0.717, 1.165) is 29.1 Å². The smallest absolute Gasteiger partial charge is 0.223 e. The molecule has 2 aromatic rings. The van der Waals surface area contributed by atoms with Gasteiger partial charge in [-0.2, -0.15) is 0 Å². The van der Waals surface area contributed by atoms with Crippen LogP contribution in [0.1, 0.15) is 121 Å². The molecule has 0 saturated heterocycles. The van der Waals surface area contributed by atoms with Crippen LogP contribution in [0.5, 0.6) is 5.75 Å². The van der Waals surface area contributed by atoms with Gasteiger partial charge >= 0.3 is 0 Å². The summed E-state index contributed by atoms with van der Waals surface area (Å²) in [5, 5.41) is 1.34. The fourth-order valence-corrected chi connectivity index (χ4v) is 5.19. The van der Waals surface area contributed by atoms with E-state index in [1.807, 2.05) is 30.5 Å². The van der Waals surface area contributed by atoms with Gasteiger partial charge in [-0.15, -0.1) is 17.0 Å². The molecule has 0 radical (unpaired) electrons. The van der Waals surface area contributed by atoms with Crippen molar-refractivity contribution in [2.45, 2.75) is 122 Å². The number of alkyl halides is 1. The molecule has 2 rings (SSSR count). The van der Waals surface area contributed by atoms with Crippen LogP contribution in [0.25, 0.3) is 0 Å². The number of unbranched alkanes of at least 4 members (excludes halogenated alkanes) is 15. The Morgan fingerprint density at radius 2 is 1.27 bits per heavy atom. The number of nitrogens with zero attached hydrogens (tertiary/aromatic N) is 1. The van der Waals surface area contributed by atoms with Gasteiger partial charge in [-0.1, -0.05) is 143 Å². The van der Waals surface area contributed by atoms with Crippen LogP contribution in [-0.2, 0) is 11.9 Å². The van der Waals surface area contributed by atoms with Crippen molar-refractivity contribution in [3.63, 3.8) is 0 Å². The third-order valence-electron chi connectivity index (χ3n) is 6.84. The Hall–Kier alpha value is -0.780. The molecule has 0 atom stereocenters. The third kappa shape index (κ3) is 15.4. The molecule has 1 aromatic heterocycles. The van der Waals surface area contributed by atoms with Crippen LogP contribution in [0.2, 0.25) is 5.02 Å². The predicted octanol–water partition coefficient (Wildman–Crippen LogP) is 10.7. The fourth-order valence-electron chi connectivity index (χ4n) is 4.58. The summed E-state index contributed by atoms with van der Waals surface area (Å²) >= 11 is 9.50. The summed E-state index contributed by atoms with van der Waals surface area (Å²) in [6.07, 6.45) is 23.4. The van der Waals surface area contributed by atoms with Crippen molar-refractivity contribution in [1.82, 2.24) is 4.57 Å². The van der Waals surface area contributed by atoms with Gasteiger partial charge in [0.15, 0.2) is 5.75 Å². The van der Waals surface area contributed by atoms with Crippen molar-refractivity contribution >= 4 is 44.5 Å². The van der Waals surface area contributed by atoms with E-state index in [2.05, 4.69) is 27.4 Å². The normalized spacial score (nSPS) is 10.9. The molecule has 0 aliphatic heterocycles. The maximum atomic E-state index is 12.5. The van der Waals surface area contributed by atoms with Gasteiger partial charge in [0.1, 0.15) is 0 Å². The minimum absolute atomic E-state index is 0. The lowest BCUT2D eigenvalue weighted by atomic mass is 10.0. The Kier molecular flexibility index (Phi) is 20.4. The summed E-state index contributed by atoms with van der Waals surface area (Å²) in [5.41, 5.74) is 2.02. The molecule has 0 bridgehead atoms. The van der Waals surface area contributed by atoms with Gasteiger partial charge in [0.2, 0.25) is 5.43 Å². The molecule has 0 N–H and O–H groups in total. The van der Waals surface area contributed by atoms with Gasteiger partial charge in [0.25, 0.3) is 0 Å². The highest BCUT2D eigenvalue weighted by Gasteiger charge is 2.08. The average Bonchev–Trinajstić information content (AvgIpc) is 2.88. The molecule has 210 valence electrons. The quantitative estimate of drug-likeness (QED) is 0.0985. The van der Waals surface area contributed by atoms with Gasteiger partial charge in [-0.05, 0) is 24.1 Å². The standard InChI is InChI=1S/C31H47BrClNO2.BrH/c1-2-3-4-5-6-7-8-9-10-11-12-13-14-15-16-17-22-36-31-26-34(29(24-32)23-30(31)35)25-27-18-20-28(33)21-19-27;/h18-21,23,26H,2-17,22,24-25H2,1H3;1H. The van der Waals surface area contributed by atoms with Crippen molar-refractivity contribution < 1.29 is 4.74 Å². The van der Waals surface area contributed by atoms with Crippen molar-refractivity contribution in [3.8, 4) is 5.75 Å². The largest absolute Gasteiger partial charge is 0.488 e. The lowest BCUT2D eigenvalue weighted by molar-refractivity contribution is 0.298. The van der Waals surface area contributed by atoms with Gasteiger partial charge in [-0.3, -0.25) is 4.79 Å². The molecule has 1 aromatic carbocycles. The molecule has 0 saturated carbocycles. The highest BCUT2D eigenvalue weighted by molar-refractivity contribution is 9.08. The van der Waals surface area contributed by atoms with Crippen LogP contribution >= 0.6 is 44.5 Å². The minimum Gasteiger partial charge on any atom is -0.488 e. The second-order valence-electron chi connectivity index (χ2n) is 10.0. The van der Waals surface area contributed by atoms with Gasteiger partial charge < -0.3 is 9.30 Å².